The van der Waals surface area contributed by atoms with Crippen molar-refractivity contribution in [1.82, 2.24) is 0 Å². The quantitative estimate of drug-likeness (QED) is 0.904. The van der Waals surface area contributed by atoms with E-state index in [1.165, 1.54) is 26.4 Å². The number of nitrogens with one attached hydrogen (secondary N) is 1. The summed E-state index contributed by atoms with van der Waals surface area (Å²) in [7, 11) is -0.938. The molecule has 0 radical (unpaired) electrons. The van der Waals surface area contributed by atoms with Crippen molar-refractivity contribution in [3.05, 3.63) is 47.0 Å². The van der Waals surface area contributed by atoms with E-state index in [1.807, 2.05) is 6.92 Å². The number of hydrogen-bond donors (Lipinski definition) is 1. The highest BCUT2D eigenvalue weighted by molar-refractivity contribution is 7.92. The molecule has 1 N–H and O–H groups in total. The number of halogens is 1. The van der Waals surface area contributed by atoms with E-state index >= 15 is 0 Å². The summed E-state index contributed by atoms with van der Waals surface area (Å²) in [6.45, 7) is 1.81. The Hall–Kier alpha value is -1.92. The number of ether oxygens (including phenoxy) is 2. The molecule has 0 aliphatic carbocycles. The highest BCUT2D eigenvalue weighted by Crippen LogP contribution is 2.32. The zero-order valence-corrected chi connectivity index (χ0v) is 14.0. The molecule has 0 atom stereocenters. The van der Waals surface area contributed by atoms with Crippen LogP contribution in [0.25, 0.3) is 0 Å². The molecule has 2 aromatic rings. The third kappa shape index (κ3) is 3.45. The number of aryl methyl sites for hydroxylation is 1. The van der Waals surface area contributed by atoms with E-state index in [0.717, 1.165) is 5.56 Å². The second-order valence-electron chi connectivity index (χ2n) is 4.59. The molecule has 0 saturated heterocycles. The first kappa shape index (κ1) is 16.5. The minimum Gasteiger partial charge on any atom is -0.496 e. The Balaban J connectivity index is 2.48. The van der Waals surface area contributed by atoms with E-state index in [1.54, 1.807) is 24.3 Å². The first-order valence-corrected chi connectivity index (χ1v) is 8.24. The maximum absolute atomic E-state index is 12.6. The van der Waals surface area contributed by atoms with Crippen LogP contribution in [0.4, 0.5) is 5.69 Å². The molecule has 0 bridgehead atoms. The maximum atomic E-state index is 12.6. The minimum absolute atomic E-state index is 0.00238. The summed E-state index contributed by atoms with van der Waals surface area (Å²) in [5.74, 6) is 0.708. The summed E-state index contributed by atoms with van der Waals surface area (Å²) in [6, 6.07) is 9.51. The lowest BCUT2D eigenvalue weighted by molar-refractivity contribution is 0.390. The van der Waals surface area contributed by atoms with Gasteiger partial charge in [-0.3, -0.25) is 4.72 Å². The molecule has 0 spiro atoms. The Kier molecular flexibility index (Phi) is 4.83. The summed E-state index contributed by atoms with van der Waals surface area (Å²) in [4.78, 5) is -0.00238. The van der Waals surface area contributed by atoms with Crippen LogP contribution in [0.2, 0.25) is 5.02 Å². The van der Waals surface area contributed by atoms with Crippen LogP contribution in [0.1, 0.15) is 5.56 Å². The molecule has 0 aromatic heterocycles. The van der Waals surface area contributed by atoms with Gasteiger partial charge in [-0.15, -0.1) is 0 Å². The fourth-order valence-corrected chi connectivity index (χ4v) is 3.40. The number of rotatable bonds is 5. The lowest BCUT2D eigenvalue weighted by Crippen LogP contribution is -2.14. The van der Waals surface area contributed by atoms with E-state index in [9.17, 15) is 8.42 Å². The van der Waals surface area contributed by atoms with Gasteiger partial charge < -0.3 is 9.47 Å². The third-order valence-corrected chi connectivity index (χ3v) is 4.69. The second-order valence-corrected chi connectivity index (χ2v) is 6.68. The van der Waals surface area contributed by atoms with Crippen LogP contribution < -0.4 is 14.2 Å². The van der Waals surface area contributed by atoms with Crippen molar-refractivity contribution >= 4 is 27.3 Å². The van der Waals surface area contributed by atoms with Crippen LogP contribution >= 0.6 is 11.6 Å². The molecule has 0 amide bonds. The topological polar surface area (TPSA) is 64.6 Å². The van der Waals surface area contributed by atoms with Crippen LogP contribution in [-0.4, -0.2) is 22.6 Å². The van der Waals surface area contributed by atoms with Gasteiger partial charge in [0, 0.05) is 11.1 Å². The Bertz CT molecular complexity index is 790. The third-order valence-electron chi connectivity index (χ3n) is 3.05. The summed E-state index contributed by atoms with van der Waals surface area (Å²) < 4.78 is 38.0. The van der Waals surface area contributed by atoms with Crippen molar-refractivity contribution in [2.75, 3.05) is 18.9 Å². The minimum atomic E-state index is -3.84. The van der Waals surface area contributed by atoms with E-state index in [4.69, 9.17) is 21.1 Å². The molecule has 2 aromatic carbocycles. The molecule has 0 unspecified atom stereocenters. The molecular formula is C15H16ClNO4S. The molecule has 0 saturated carbocycles. The fourth-order valence-electron chi connectivity index (χ4n) is 1.99. The van der Waals surface area contributed by atoms with Crippen molar-refractivity contribution in [1.29, 1.82) is 0 Å². The van der Waals surface area contributed by atoms with Crippen molar-refractivity contribution in [3.8, 4) is 11.5 Å². The summed E-state index contributed by atoms with van der Waals surface area (Å²) >= 11 is 5.87. The number of benzene rings is 2. The fraction of sp³-hybridized carbons (Fsp3) is 0.200. The molecule has 0 fully saturated rings. The van der Waals surface area contributed by atoms with Gasteiger partial charge >= 0.3 is 0 Å². The zero-order chi connectivity index (χ0) is 16.3. The first-order chi connectivity index (χ1) is 10.4. The maximum Gasteiger partial charge on any atom is 0.265 e. The van der Waals surface area contributed by atoms with E-state index < -0.39 is 10.0 Å². The van der Waals surface area contributed by atoms with Gasteiger partial charge in [-0.25, -0.2) is 8.42 Å². The number of hydrogen-bond acceptors (Lipinski definition) is 4. The van der Waals surface area contributed by atoms with Gasteiger partial charge in [0.2, 0.25) is 0 Å². The second kappa shape index (κ2) is 6.46. The lowest BCUT2D eigenvalue weighted by atomic mass is 10.2. The van der Waals surface area contributed by atoms with Gasteiger partial charge in [-0.2, -0.15) is 0 Å². The van der Waals surface area contributed by atoms with Crippen LogP contribution in [-0.2, 0) is 10.0 Å². The Morgan fingerprint density at radius 1 is 1.05 bits per heavy atom. The largest absolute Gasteiger partial charge is 0.496 e. The van der Waals surface area contributed by atoms with Crippen molar-refractivity contribution < 1.29 is 17.9 Å². The summed E-state index contributed by atoms with van der Waals surface area (Å²) in [6.07, 6.45) is 0. The smallest absolute Gasteiger partial charge is 0.265 e. The Morgan fingerprint density at radius 2 is 1.73 bits per heavy atom. The van der Waals surface area contributed by atoms with Gasteiger partial charge in [0.05, 0.1) is 19.9 Å². The predicted molar refractivity (Wildman–Crippen MR) is 86.5 cm³/mol. The Morgan fingerprint density at radius 3 is 2.32 bits per heavy atom. The molecule has 22 heavy (non-hydrogen) atoms. The lowest BCUT2D eigenvalue weighted by Gasteiger charge is -2.14. The number of methoxy groups -OCH3 is 2. The molecule has 0 aliphatic rings. The van der Waals surface area contributed by atoms with Crippen LogP contribution in [0.15, 0.2) is 41.3 Å². The standard InChI is InChI=1S/C15H16ClNO4S/c1-10-7-14(21-3)15(9-13(10)20-2)22(18,19)17-12-6-4-5-11(16)8-12/h4-9,17H,1-3H3. The van der Waals surface area contributed by atoms with Gasteiger partial charge in [0.15, 0.2) is 0 Å². The van der Waals surface area contributed by atoms with Crippen LogP contribution in [0, 0.1) is 6.92 Å². The first-order valence-electron chi connectivity index (χ1n) is 6.38. The number of sulfonamides is 1. The van der Waals surface area contributed by atoms with E-state index in [-0.39, 0.29) is 10.6 Å². The molecule has 118 valence electrons. The predicted octanol–water partition coefficient (Wildman–Crippen LogP) is 3.47. The average Bonchev–Trinajstić information content (AvgIpc) is 2.46. The van der Waals surface area contributed by atoms with Gasteiger partial charge in [0.1, 0.15) is 16.4 Å². The van der Waals surface area contributed by atoms with E-state index in [0.29, 0.717) is 16.5 Å². The van der Waals surface area contributed by atoms with E-state index in [2.05, 4.69) is 4.72 Å². The molecule has 0 heterocycles. The molecule has 5 nitrogen and oxygen atoms in total. The van der Waals surface area contributed by atoms with Gasteiger partial charge in [-0.05, 0) is 36.8 Å². The monoisotopic (exact) mass is 341 g/mol. The SMILES string of the molecule is COc1cc(S(=O)(=O)Nc2cccc(Cl)c2)c(OC)cc1C. The van der Waals surface area contributed by atoms with Crippen molar-refractivity contribution in [2.24, 2.45) is 0 Å². The normalized spacial score (nSPS) is 11.1. The number of anilines is 1. The van der Waals surface area contributed by atoms with Gasteiger partial charge in [0.25, 0.3) is 10.0 Å². The molecular weight excluding hydrogens is 326 g/mol. The summed E-state index contributed by atoms with van der Waals surface area (Å²) in [5, 5.41) is 0.439. The molecule has 7 heteroatoms. The van der Waals surface area contributed by atoms with Crippen LogP contribution in [0.3, 0.4) is 0 Å². The van der Waals surface area contributed by atoms with Crippen LogP contribution in [0.5, 0.6) is 11.5 Å². The van der Waals surface area contributed by atoms with Crippen molar-refractivity contribution in [3.63, 3.8) is 0 Å². The molecule has 2 rings (SSSR count). The zero-order valence-electron chi connectivity index (χ0n) is 12.4. The molecule has 0 aliphatic heterocycles. The van der Waals surface area contributed by atoms with Crippen molar-refractivity contribution in [2.45, 2.75) is 11.8 Å². The Labute approximate surface area is 134 Å². The summed E-state index contributed by atoms with van der Waals surface area (Å²) in [5.41, 5.74) is 1.15. The highest BCUT2D eigenvalue weighted by atomic mass is 35.5. The van der Waals surface area contributed by atoms with Gasteiger partial charge in [-0.1, -0.05) is 17.7 Å². The highest BCUT2D eigenvalue weighted by Gasteiger charge is 2.22. The average molecular weight is 342 g/mol.